The summed E-state index contributed by atoms with van der Waals surface area (Å²) in [5.74, 6) is 0.859. The highest BCUT2D eigenvalue weighted by Crippen LogP contribution is 2.38. The molecule has 104 valence electrons. The molecule has 2 heteroatoms. The van der Waals surface area contributed by atoms with Gasteiger partial charge >= 0.3 is 0 Å². The van der Waals surface area contributed by atoms with Crippen LogP contribution in [0, 0.1) is 5.92 Å². The van der Waals surface area contributed by atoms with Gasteiger partial charge in [-0.05, 0) is 62.7 Å². The first-order valence-electron chi connectivity index (χ1n) is 7.95. The smallest absolute Gasteiger partial charge is 0.0401 e. The lowest BCUT2D eigenvalue weighted by Crippen LogP contribution is -2.52. The molecular formula is C17H26N2. The van der Waals surface area contributed by atoms with E-state index in [4.69, 9.17) is 0 Å². The Morgan fingerprint density at radius 3 is 2.95 bits per heavy atom. The molecule has 2 nitrogen and oxygen atoms in total. The zero-order valence-electron chi connectivity index (χ0n) is 12.1. The Balaban J connectivity index is 1.66. The van der Waals surface area contributed by atoms with E-state index in [2.05, 4.69) is 41.4 Å². The van der Waals surface area contributed by atoms with E-state index in [1.807, 2.05) is 0 Å². The van der Waals surface area contributed by atoms with Crippen LogP contribution < -0.4 is 10.2 Å². The van der Waals surface area contributed by atoms with Crippen molar-refractivity contribution < 1.29 is 0 Å². The number of hydrogen-bond donors (Lipinski definition) is 1. The van der Waals surface area contributed by atoms with Crippen LogP contribution in [0.25, 0.3) is 0 Å². The third-order valence-electron chi connectivity index (χ3n) is 4.76. The van der Waals surface area contributed by atoms with Gasteiger partial charge in [-0.3, -0.25) is 0 Å². The normalized spacial score (nSPS) is 25.8. The van der Waals surface area contributed by atoms with Crippen molar-refractivity contribution in [3.63, 3.8) is 0 Å². The van der Waals surface area contributed by atoms with E-state index in [-0.39, 0.29) is 0 Å². The maximum absolute atomic E-state index is 3.60. The fraction of sp³-hybridized carbons (Fsp3) is 0.647. The van der Waals surface area contributed by atoms with Gasteiger partial charge in [0.15, 0.2) is 0 Å². The third kappa shape index (κ3) is 2.64. The summed E-state index contributed by atoms with van der Waals surface area (Å²) in [6, 6.07) is 9.79. The summed E-state index contributed by atoms with van der Waals surface area (Å²) in [7, 11) is 0. The zero-order chi connectivity index (χ0) is 13.1. The minimum absolute atomic E-state index is 0.783. The lowest BCUT2D eigenvalue weighted by Gasteiger charge is -2.48. The standard InChI is InChI=1S/C17H26N2/c1-2-11-18-13-15-9-10-17(15)19-12-5-7-14-6-3-4-8-16(14)19/h3-4,6,8,15,17-18H,2,5,7,9-13H2,1H3. The van der Waals surface area contributed by atoms with E-state index in [0.29, 0.717) is 0 Å². The number of aryl methyl sites for hydroxylation is 1. The second kappa shape index (κ2) is 5.96. The molecule has 1 aromatic rings. The molecule has 1 aliphatic heterocycles. The van der Waals surface area contributed by atoms with Crippen molar-refractivity contribution in [2.24, 2.45) is 5.92 Å². The van der Waals surface area contributed by atoms with Gasteiger partial charge in [0.1, 0.15) is 0 Å². The van der Waals surface area contributed by atoms with Gasteiger partial charge in [-0.25, -0.2) is 0 Å². The number of fused-ring (bicyclic) bond motifs is 1. The van der Waals surface area contributed by atoms with E-state index in [9.17, 15) is 0 Å². The lowest BCUT2D eigenvalue weighted by atomic mass is 9.77. The Kier molecular flexibility index (Phi) is 4.07. The Morgan fingerprint density at radius 2 is 2.16 bits per heavy atom. The van der Waals surface area contributed by atoms with Gasteiger partial charge in [0, 0.05) is 18.3 Å². The molecule has 19 heavy (non-hydrogen) atoms. The van der Waals surface area contributed by atoms with Crippen molar-refractivity contribution in [3.8, 4) is 0 Å². The molecule has 1 N–H and O–H groups in total. The minimum atomic E-state index is 0.783. The van der Waals surface area contributed by atoms with Gasteiger partial charge in [0.05, 0.1) is 0 Å². The summed E-state index contributed by atoms with van der Waals surface area (Å²) < 4.78 is 0. The first-order chi connectivity index (χ1) is 9.40. The predicted molar refractivity (Wildman–Crippen MR) is 81.8 cm³/mol. The van der Waals surface area contributed by atoms with Crippen LogP contribution in [0.2, 0.25) is 0 Å². The Hall–Kier alpha value is -1.02. The number of nitrogens with zero attached hydrogens (tertiary/aromatic N) is 1. The van der Waals surface area contributed by atoms with Crippen molar-refractivity contribution in [1.82, 2.24) is 5.32 Å². The average molecular weight is 258 g/mol. The number of nitrogens with one attached hydrogen (secondary N) is 1. The van der Waals surface area contributed by atoms with E-state index in [0.717, 1.165) is 12.0 Å². The predicted octanol–water partition coefficient (Wildman–Crippen LogP) is 3.22. The first-order valence-corrected chi connectivity index (χ1v) is 7.95. The number of hydrogen-bond acceptors (Lipinski definition) is 2. The quantitative estimate of drug-likeness (QED) is 0.816. The minimum Gasteiger partial charge on any atom is -0.368 e. The molecule has 0 aromatic heterocycles. The first kappa shape index (κ1) is 13.0. The molecule has 1 aromatic carbocycles. The highest BCUT2D eigenvalue weighted by Gasteiger charge is 2.36. The van der Waals surface area contributed by atoms with Crippen molar-refractivity contribution in [1.29, 1.82) is 0 Å². The fourth-order valence-corrected chi connectivity index (χ4v) is 3.57. The van der Waals surface area contributed by atoms with Crippen LogP contribution in [0.15, 0.2) is 24.3 Å². The zero-order valence-corrected chi connectivity index (χ0v) is 12.1. The summed E-state index contributed by atoms with van der Waals surface area (Å²) in [5.41, 5.74) is 3.07. The Bertz CT molecular complexity index is 415. The second-order valence-corrected chi connectivity index (χ2v) is 6.03. The summed E-state index contributed by atoms with van der Waals surface area (Å²) in [6.45, 7) is 5.87. The summed E-state index contributed by atoms with van der Waals surface area (Å²) >= 11 is 0. The SMILES string of the molecule is CCCNCC1CCC1N1CCCc2ccccc21. The van der Waals surface area contributed by atoms with Gasteiger partial charge < -0.3 is 10.2 Å². The average Bonchev–Trinajstić information content (AvgIpc) is 2.43. The van der Waals surface area contributed by atoms with E-state index < -0.39 is 0 Å². The molecule has 0 spiro atoms. The number of anilines is 1. The van der Waals surface area contributed by atoms with Crippen LogP contribution in [0.3, 0.4) is 0 Å². The van der Waals surface area contributed by atoms with Crippen LogP contribution in [0.4, 0.5) is 5.69 Å². The van der Waals surface area contributed by atoms with E-state index >= 15 is 0 Å². The van der Waals surface area contributed by atoms with Crippen LogP contribution in [-0.4, -0.2) is 25.7 Å². The van der Waals surface area contributed by atoms with Gasteiger partial charge in [-0.2, -0.15) is 0 Å². The highest BCUT2D eigenvalue weighted by molar-refractivity contribution is 5.56. The van der Waals surface area contributed by atoms with E-state index in [1.54, 1.807) is 5.56 Å². The molecule has 0 bridgehead atoms. The summed E-state index contributed by atoms with van der Waals surface area (Å²) in [5, 5.41) is 3.60. The molecule has 1 aliphatic carbocycles. The van der Waals surface area contributed by atoms with Crippen molar-refractivity contribution in [3.05, 3.63) is 29.8 Å². The molecule has 2 aliphatic rings. The molecule has 0 radical (unpaired) electrons. The molecule has 1 saturated carbocycles. The Morgan fingerprint density at radius 1 is 1.26 bits per heavy atom. The van der Waals surface area contributed by atoms with Crippen molar-refractivity contribution in [2.45, 2.75) is 45.1 Å². The number of para-hydroxylation sites is 1. The van der Waals surface area contributed by atoms with Crippen LogP contribution in [-0.2, 0) is 6.42 Å². The molecule has 2 atom stereocenters. The van der Waals surface area contributed by atoms with E-state index in [1.165, 1.54) is 57.4 Å². The van der Waals surface area contributed by atoms with Gasteiger partial charge in [-0.15, -0.1) is 0 Å². The molecule has 1 fully saturated rings. The third-order valence-corrected chi connectivity index (χ3v) is 4.76. The van der Waals surface area contributed by atoms with Gasteiger partial charge in [0.25, 0.3) is 0 Å². The molecule has 2 unspecified atom stereocenters. The maximum Gasteiger partial charge on any atom is 0.0401 e. The van der Waals surface area contributed by atoms with Gasteiger partial charge in [0.2, 0.25) is 0 Å². The maximum atomic E-state index is 3.60. The molecule has 0 saturated heterocycles. The number of rotatable bonds is 5. The molecule has 1 heterocycles. The second-order valence-electron chi connectivity index (χ2n) is 6.03. The topological polar surface area (TPSA) is 15.3 Å². The fourth-order valence-electron chi connectivity index (χ4n) is 3.57. The monoisotopic (exact) mass is 258 g/mol. The van der Waals surface area contributed by atoms with Crippen molar-refractivity contribution >= 4 is 5.69 Å². The van der Waals surface area contributed by atoms with Gasteiger partial charge in [-0.1, -0.05) is 25.1 Å². The Labute approximate surface area is 117 Å². The highest BCUT2D eigenvalue weighted by atomic mass is 15.2. The molecule has 3 rings (SSSR count). The largest absolute Gasteiger partial charge is 0.368 e. The van der Waals surface area contributed by atoms with Crippen molar-refractivity contribution in [2.75, 3.05) is 24.5 Å². The summed E-state index contributed by atoms with van der Waals surface area (Å²) in [6.07, 6.45) is 6.61. The van der Waals surface area contributed by atoms with Crippen LogP contribution >= 0.6 is 0 Å². The summed E-state index contributed by atoms with van der Waals surface area (Å²) in [4.78, 5) is 2.70. The lowest BCUT2D eigenvalue weighted by molar-refractivity contribution is 0.231. The molecular weight excluding hydrogens is 232 g/mol. The van der Waals surface area contributed by atoms with Crippen LogP contribution in [0.1, 0.15) is 38.2 Å². The van der Waals surface area contributed by atoms with Crippen LogP contribution in [0.5, 0.6) is 0 Å². The number of benzene rings is 1. The molecule has 0 amide bonds.